The van der Waals surface area contributed by atoms with Crippen molar-refractivity contribution in [2.45, 2.75) is 19.3 Å². The third-order valence-corrected chi connectivity index (χ3v) is 5.10. The van der Waals surface area contributed by atoms with Gasteiger partial charge in [0.2, 0.25) is 0 Å². The molecule has 0 unspecified atom stereocenters. The van der Waals surface area contributed by atoms with E-state index in [0.29, 0.717) is 0 Å². The van der Waals surface area contributed by atoms with Gasteiger partial charge in [0, 0.05) is 18.7 Å². The maximum atomic E-state index is 5.67. The molecule has 1 aliphatic heterocycles. The van der Waals surface area contributed by atoms with Gasteiger partial charge in [0.1, 0.15) is 10.7 Å². The smallest absolute Gasteiger partial charge is 0.118 e. The highest BCUT2D eigenvalue weighted by molar-refractivity contribution is 7.80. The number of rotatable bonds is 4. The average molecular weight is 325 g/mol. The number of benzene rings is 2. The Morgan fingerprint density at radius 3 is 2.30 bits per heavy atom. The molecule has 0 aromatic heterocycles. The Morgan fingerprint density at radius 2 is 1.70 bits per heavy atom. The predicted molar refractivity (Wildman–Crippen MR) is 99.1 cm³/mol. The molecule has 0 N–H and O–H groups in total. The normalized spacial score (nSPS) is 15.4. The molecule has 0 saturated carbocycles. The van der Waals surface area contributed by atoms with Gasteiger partial charge in [-0.3, -0.25) is 0 Å². The van der Waals surface area contributed by atoms with Crippen LogP contribution in [0.3, 0.4) is 0 Å². The summed E-state index contributed by atoms with van der Waals surface area (Å²) in [5, 5.41) is 0. The number of likely N-dealkylation sites (tertiary alicyclic amines) is 1. The van der Waals surface area contributed by atoms with E-state index >= 15 is 0 Å². The van der Waals surface area contributed by atoms with Crippen LogP contribution in [0.5, 0.6) is 5.75 Å². The van der Waals surface area contributed by atoms with Gasteiger partial charge in [0.25, 0.3) is 0 Å². The van der Waals surface area contributed by atoms with Gasteiger partial charge in [-0.2, -0.15) is 0 Å². The van der Waals surface area contributed by atoms with Crippen LogP contribution in [0.4, 0.5) is 0 Å². The first-order valence-electron chi connectivity index (χ1n) is 8.23. The number of methoxy groups -OCH3 is 1. The molecule has 1 aliphatic rings. The minimum absolute atomic E-state index is 0.771. The van der Waals surface area contributed by atoms with Crippen molar-refractivity contribution < 1.29 is 4.74 Å². The summed E-state index contributed by atoms with van der Waals surface area (Å²) in [4.78, 5) is 3.31. The standard InChI is InChI=1S/C20H23NOS/c1-22-19-9-7-18(8-10-19)20(23)21-13-11-17(12-14-21)15-16-5-3-2-4-6-16/h2-10,17H,11-15H2,1H3. The molecule has 23 heavy (non-hydrogen) atoms. The molecule has 3 heteroatoms. The maximum absolute atomic E-state index is 5.67. The van der Waals surface area contributed by atoms with Crippen LogP contribution in [0.1, 0.15) is 24.0 Å². The van der Waals surface area contributed by atoms with Gasteiger partial charge >= 0.3 is 0 Å². The Bertz CT molecular complexity index is 630. The Kier molecular flexibility index (Phi) is 5.29. The molecule has 1 fully saturated rings. The van der Waals surface area contributed by atoms with Crippen molar-refractivity contribution in [3.05, 3.63) is 65.7 Å². The van der Waals surface area contributed by atoms with E-state index in [1.807, 2.05) is 12.1 Å². The third-order valence-electron chi connectivity index (χ3n) is 4.61. The summed E-state index contributed by atoms with van der Waals surface area (Å²) in [6.45, 7) is 2.12. The summed E-state index contributed by atoms with van der Waals surface area (Å²) in [7, 11) is 1.69. The predicted octanol–water partition coefficient (Wildman–Crippen LogP) is 4.33. The summed E-state index contributed by atoms with van der Waals surface area (Å²) >= 11 is 5.67. The van der Waals surface area contributed by atoms with Crippen molar-refractivity contribution in [1.29, 1.82) is 0 Å². The third kappa shape index (κ3) is 4.11. The van der Waals surface area contributed by atoms with Crippen LogP contribution in [-0.4, -0.2) is 30.1 Å². The number of piperidine rings is 1. The van der Waals surface area contributed by atoms with Crippen molar-refractivity contribution in [1.82, 2.24) is 4.90 Å². The largest absolute Gasteiger partial charge is 0.497 e. The van der Waals surface area contributed by atoms with Crippen molar-refractivity contribution >= 4 is 17.2 Å². The highest BCUT2D eigenvalue weighted by Gasteiger charge is 2.21. The number of thiocarbonyl (C=S) groups is 1. The van der Waals surface area contributed by atoms with Crippen molar-refractivity contribution in [2.75, 3.05) is 20.2 Å². The summed E-state index contributed by atoms with van der Waals surface area (Å²) in [5.74, 6) is 1.64. The zero-order chi connectivity index (χ0) is 16.1. The molecule has 1 saturated heterocycles. The highest BCUT2D eigenvalue weighted by atomic mass is 32.1. The number of hydrogen-bond acceptors (Lipinski definition) is 2. The van der Waals surface area contributed by atoms with Gasteiger partial charge in [0.15, 0.2) is 0 Å². The molecular formula is C20H23NOS. The lowest BCUT2D eigenvalue weighted by atomic mass is 9.90. The molecule has 2 aromatic carbocycles. The molecule has 2 aromatic rings. The average Bonchev–Trinajstić information content (AvgIpc) is 2.63. The maximum Gasteiger partial charge on any atom is 0.118 e. The molecule has 3 rings (SSSR count). The van der Waals surface area contributed by atoms with Crippen LogP contribution in [0.25, 0.3) is 0 Å². The zero-order valence-electron chi connectivity index (χ0n) is 13.6. The Hall–Kier alpha value is -1.87. The second kappa shape index (κ2) is 7.60. The van der Waals surface area contributed by atoms with E-state index in [-0.39, 0.29) is 0 Å². The second-order valence-electron chi connectivity index (χ2n) is 6.15. The van der Waals surface area contributed by atoms with Crippen LogP contribution in [0.2, 0.25) is 0 Å². The van der Waals surface area contributed by atoms with Crippen molar-refractivity contribution in [3.63, 3.8) is 0 Å². The van der Waals surface area contributed by atoms with Crippen molar-refractivity contribution in [2.24, 2.45) is 5.92 Å². The Morgan fingerprint density at radius 1 is 1.04 bits per heavy atom. The fourth-order valence-electron chi connectivity index (χ4n) is 3.20. The van der Waals surface area contributed by atoms with Gasteiger partial charge in [0.05, 0.1) is 7.11 Å². The summed E-state index contributed by atoms with van der Waals surface area (Å²) in [6, 6.07) is 18.9. The lowest BCUT2D eigenvalue weighted by Gasteiger charge is -2.34. The molecule has 0 spiro atoms. The fourth-order valence-corrected chi connectivity index (χ4v) is 3.52. The van der Waals surface area contributed by atoms with Crippen molar-refractivity contribution in [3.8, 4) is 5.75 Å². The lowest BCUT2D eigenvalue weighted by Crippen LogP contribution is -2.38. The van der Waals surface area contributed by atoms with Crippen LogP contribution < -0.4 is 4.74 Å². The van der Waals surface area contributed by atoms with E-state index in [0.717, 1.165) is 35.3 Å². The minimum Gasteiger partial charge on any atom is -0.497 e. The van der Waals surface area contributed by atoms with Gasteiger partial charge in [-0.25, -0.2) is 0 Å². The van der Waals surface area contributed by atoms with Crippen LogP contribution in [0.15, 0.2) is 54.6 Å². The monoisotopic (exact) mass is 325 g/mol. The molecule has 2 nitrogen and oxygen atoms in total. The quantitative estimate of drug-likeness (QED) is 0.777. The van der Waals surface area contributed by atoms with E-state index in [4.69, 9.17) is 17.0 Å². The van der Waals surface area contributed by atoms with Crippen LogP contribution >= 0.6 is 12.2 Å². The van der Waals surface area contributed by atoms with E-state index in [1.165, 1.54) is 24.8 Å². The van der Waals surface area contributed by atoms with Gasteiger partial charge < -0.3 is 9.64 Å². The van der Waals surface area contributed by atoms with E-state index in [2.05, 4.69) is 47.4 Å². The zero-order valence-corrected chi connectivity index (χ0v) is 14.4. The number of nitrogens with zero attached hydrogens (tertiary/aromatic N) is 1. The summed E-state index contributed by atoms with van der Waals surface area (Å²) in [6.07, 6.45) is 3.61. The number of hydrogen-bond donors (Lipinski definition) is 0. The molecule has 0 atom stereocenters. The lowest BCUT2D eigenvalue weighted by molar-refractivity contribution is 0.268. The first-order valence-corrected chi connectivity index (χ1v) is 8.64. The Labute approximate surface area is 144 Å². The topological polar surface area (TPSA) is 12.5 Å². The summed E-state index contributed by atoms with van der Waals surface area (Å²) < 4.78 is 5.21. The second-order valence-corrected chi connectivity index (χ2v) is 6.54. The molecule has 1 heterocycles. The van der Waals surface area contributed by atoms with Crippen LogP contribution in [-0.2, 0) is 6.42 Å². The molecule has 0 amide bonds. The molecule has 0 bridgehead atoms. The van der Waals surface area contributed by atoms with E-state index < -0.39 is 0 Å². The van der Waals surface area contributed by atoms with Crippen LogP contribution in [0, 0.1) is 5.92 Å². The first kappa shape index (κ1) is 16.0. The van der Waals surface area contributed by atoms with Gasteiger partial charge in [-0.15, -0.1) is 0 Å². The molecule has 120 valence electrons. The summed E-state index contributed by atoms with van der Waals surface area (Å²) in [5.41, 5.74) is 2.56. The highest BCUT2D eigenvalue weighted by Crippen LogP contribution is 2.23. The van der Waals surface area contributed by atoms with E-state index in [1.54, 1.807) is 7.11 Å². The first-order chi connectivity index (χ1) is 11.3. The molecular weight excluding hydrogens is 302 g/mol. The van der Waals surface area contributed by atoms with E-state index in [9.17, 15) is 0 Å². The van der Waals surface area contributed by atoms with Gasteiger partial charge in [-0.1, -0.05) is 42.5 Å². The SMILES string of the molecule is COc1ccc(C(=S)N2CCC(Cc3ccccc3)CC2)cc1. The molecule has 0 radical (unpaired) electrons. The minimum atomic E-state index is 0.771. The number of ether oxygens (including phenoxy) is 1. The van der Waals surface area contributed by atoms with Gasteiger partial charge in [-0.05, 0) is 55.0 Å². The molecule has 0 aliphatic carbocycles. The Balaban J connectivity index is 1.54. The fraction of sp³-hybridized carbons (Fsp3) is 0.350.